The summed E-state index contributed by atoms with van der Waals surface area (Å²) < 4.78 is 44.8. The van der Waals surface area contributed by atoms with E-state index in [0.717, 1.165) is 12.1 Å². The summed E-state index contributed by atoms with van der Waals surface area (Å²) in [5, 5.41) is 2.40. The van der Waals surface area contributed by atoms with Gasteiger partial charge in [-0.05, 0) is 38.5 Å². The topological polar surface area (TPSA) is 41.6 Å². The molecule has 0 radical (unpaired) electrons. The number of hydrogen-bond donors (Lipinski definition) is 1. The van der Waals surface area contributed by atoms with Crippen LogP contribution in [0.1, 0.15) is 44.7 Å². The second-order valence-corrected chi connectivity index (χ2v) is 7.37. The molecule has 25 heavy (non-hydrogen) atoms. The Bertz CT molecular complexity index is 615. The third kappa shape index (κ3) is 4.45. The van der Waals surface area contributed by atoms with E-state index < -0.39 is 23.4 Å². The molecular formula is C18H25F3N2O2. The van der Waals surface area contributed by atoms with E-state index in [0.29, 0.717) is 31.5 Å². The van der Waals surface area contributed by atoms with Crippen LogP contribution in [0.5, 0.6) is 0 Å². The minimum absolute atomic E-state index is 0.0486. The molecule has 7 heteroatoms. The minimum atomic E-state index is -4.43. The van der Waals surface area contributed by atoms with Gasteiger partial charge in [0.05, 0.1) is 5.56 Å². The molecular weight excluding hydrogens is 333 g/mol. The minimum Gasteiger partial charge on any atom is -0.438 e. The van der Waals surface area contributed by atoms with Crippen molar-refractivity contribution < 1.29 is 22.7 Å². The number of amides is 1. The number of alkyl halides is 3. The van der Waals surface area contributed by atoms with Gasteiger partial charge in [-0.25, -0.2) is 4.79 Å². The number of carbonyl (C=O) groups is 1. The summed E-state index contributed by atoms with van der Waals surface area (Å²) in [6, 6.07) is 5.09. The number of likely N-dealkylation sites (tertiary alicyclic amines) is 1. The summed E-state index contributed by atoms with van der Waals surface area (Å²) in [6.07, 6.45) is -4.18. The first-order valence-electron chi connectivity index (χ1n) is 8.31. The largest absolute Gasteiger partial charge is 0.438 e. The van der Waals surface area contributed by atoms with E-state index in [1.54, 1.807) is 6.07 Å². The fourth-order valence-electron chi connectivity index (χ4n) is 3.20. The number of hydrogen-bond acceptors (Lipinski definition) is 3. The van der Waals surface area contributed by atoms with Crippen LogP contribution in [-0.2, 0) is 16.5 Å². The van der Waals surface area contributed by atoms with Crippen molar-refractivity contribution in [3.05, 3.63) is 35.4 Å². The molecule has 140 valence electrons. The van der Waals surface area contributed by atoms with Gasteiger partial charge in [0.15, 0.2) is 0 Å². The molecule has 0 unspecified atom stereocenters. The van der Waals surface area contributed by atoms with Crippen LogP contribution < -0.4 is 5.32 Å². The Morgan fingerprint density at radius 2 is 1.80 bits per heavy atom. The lowest BCUT2D eigenvalue weighted by atomic mass is 9.82. The maximum absolute atomic E-state index is 13.1. The quantitative estimate of drug-likeness (QED) is 0.863. The Morgan fingerprint density at radius 3 is 2.28 bits per heavy atom. The molecule has 0 spiro atoms. The Labute approximate surface area is 146 Å². The second-order valence-electron chi connectivity index (χ2n) is 7.37. The molecule has 1 fully saturated rings. The van der Waals surface area contributed by atoms with E-state index in [9.17, 15) is 18.0 Å². The SMILES string of the molecule is CNC(=O)OC1(c2cccc(C(F)(F)F)c2)CCN(C(C)(C)C)CC1. The summed E-state index contributed by atoms with van der Waals surface area (Å²) in [5.41, 5.74) is -1.45. The Morgan fingerprint density at radius 1 is 1.20 bits per heavy atom. The first-order chi connectivity index (χ1) is 11.5. The van der Waals surface area contributed by atoms with Crippen molar-refractivity contribution in [2.24, 2.45) is 0 Å². The predicted molar refractivity (Wildman–Crippen MR) is 89.2 cm³/mol. The Hall–Kier alpha value is -1.76. The molecule has 1 aliphatic rings. The fraction of sp³-hybridized carbons (Fsp3) is 0.611. The monoisotopic (exact) mass is 358 g/mol. The number of piperidine rings is 1. The highest BCUT2D eigenvalue weighted by molar-refractivity contribution is 5.67. The molecule has 1 amide bonds. The van der Waals surface area contributed by atoms with Gasteiger partial charge in [0.1, 0.15) is 5.60 Å². The normalized spacial score (nSPS) is 18.7. The summed E-state index contributed by atoms with van der Waals surface area (Å²) in [5.74, 6) is 0. The van der Waals surface area contributed by atoms with E-state index in [1.165, 1.54) is 13.1 Å². The molecule has 1 heterocycles. The number of halogens is 3. The maximum Gasteiger partial charge on any atom is 0.416 e. The number of carbonyl (C=O) groups excluding carboxylic acids is 1. The third-order valence-corrected chi connectivity index (χ3v) is 4.73. The van der Waals surface area contributed by atoms with Crippen molar-refractivity contribution in [2.45, 2.75) is 50.9 Å². The molecule has 4 nitrogen and oxygen atoms in total. The van der Waals surface area contributed by atoms with E-state index in [1.807, 2.05) is 0 Å². The van der Waals surface area contributed by atoms with Gasteiger partial charge in [0.2, 0.25) is 0 Å². The molecule has 1 aromatic rings. The van der Waals surface area contributed by atoms with Crippen molar-refractivity contribution >= 4 is 6.09 Å². The van der Waals surface area contributed by atoms with Crippen molar-refractivity contribution in [2.75, 3.05) is 20.1 Å². The standard InChI is InChI=1S/C18H25F3N2O2/c1-16(2,3)23-10-8-17(9-11-23,25-15(24)22-4)13-6-5-7-14(12-13)18(19,20)21/h5-7,12H,8-11H2,1-4H3,(H,22,24). The summed E-state index contributed by atoms with van der Waals surface area (Å²) in [6.45, 7) is 7.53. The van der Waals surface area contributed by atoms with Gasteiger partial charge in [0, 0.05) is 38.5 Å². The molecule has 0 bridgehead atoms. The van der Waals surface area contributed by atoms with Gasteiger partial charge in [-0.15, -0.1) is 0 Å². The summed E-state index contributed by atoms with van der Waals surface area (Å²) in [7, 11) is 1.44. The molecule has 0 saturated carbocycles. The zero-order valence-electron chi connectivity index (χ0n) is 15.0. The predicted octanol–water partition coefficient (Wildman–Crippen LogP) is 4.15. The zero-order chi connectivity index (χ0) is 18.9. The third-order valence-electron chi connectivity index (χ3n) is 4.73. The van der Waals surface area contributed by atoms with E-state index in [4.69, 9.17) is 4.74 Å². The number of nitrogens with one attached hydrogen (secondary N) is 1. The lowest BCUT2D eigenvalue weighted by Crippen LogP contribution is -2.52. The van der Waals surface area contributed by atoms with E-state index in [2.05, 4.69) is 31.0 Å². The molecule has 1 aliphatic heterocycles. The molecule has 0 aromatic heterocycles. The van der Waals surface area contributed by atoms with Crippen molar-refractivity contribution in [1.82, 2.24) is 10.2 Å². The number of ether oxygens (including phenoxy) is 1. The highest BCUT2D eigenvalue weighted by atomic mass is 19.4. The van der Waals surface area contributed by atoms with Crippen LogP contribution in [-0.4, -0.2) is 36.7 Å². The number of nitrogens with zero attached hydrogens (tertiary/aromatic N) is 1. The molecule has 0 aliphatic carbocycles. The molecule has 1 N–H and O–H groups in total. The molecule has 1 aromatic carbocycles. The van der Waals surface area contributed by atoms with Crippen molar-refractivity contribution in [3.63, 3.8) is 0 Å². The average molecular weight is 358 g/mol. The Balaban J connectivity index is 2.36. The van der Waals surface area contributed by atoms with Crippen molar-refractivity contribution in [1.29, 1.82) is 0 Å². The van der Waals surface area contributed by atoms with Crippen LogP contribution in [0.4, 0.5) is 18.0 Å². The fourth-order valence-corrected chi connectivity index (χ4v) is 3.20. The first-order valence-corrected chi connectivity index (χ1v) is 8.31. The van der Waals surface area contributed by atoms with Gasteiger partial charge < -0.3 is 10.1 Å². The first kappa shape index (κ1) is 19.6. The maximum atomic E-state index is 13.1. The summed E-state index contributed by atoms with van der Waals surface area (Å²) >= 11 is 0. The van der Waals surface area contributed by atoms with Crippen LogP contribution >= 0.6 is 0 Å². The molecule has 0 atom stereocenters. The van der Waals surface area contributed by atoms with E-state index >= 15 is 0 Å². The van der Waals surface area contributed by atoms with Gasteiger partial charge in [0.25, 0.3) is 0 Å². The van der Waals surface area contributed by atoms with Crippen LogP contribution in [0.2, 0.25) is 0 Å². The van der Waals surface area contributed by atoms with Crippen LogP contribution in [0.25, 0.3) is 0 Å². The lowest BCUT2D eigenvalue weighted by molar-refractivity contribution is -0.137. The zero-order valence-corrected chi connectivity index (χ0v) is 15.0. The van der Waals surface area contributed by atoms with E-state index in [-0.39, 0.29) is 5.54 Å². The van der Waals surface area contributed by atoms with Gasteiger partial charge in [-0.2, -0.15) is 13.2 Å². The molecule has 2 rings (SSSR count). The Kier molecular flexibility index (Phi) is 5.37. The highest BCUT2D eigenvalue weighted by Crippen LogP contribution is 2.40. The van der Waals surface area contributed by atoms with Gasteiger partial charge >= 0.3 is 12.3 Å². The second kappa shape index (κ2) is 6.86. The van der Waals surface area contributed by atoms with Gasteiger partial charge in [-0.1, -0.05) is 12.1 Å². The molecule has 1 saturated heterocycles. The number of benzene rings is 1. The average Bonchev–Trinajstić information content (AvgIpc) is 2.53. The summed E-state index contributed by atoms with van der Waals surface area (Å²) in [4.78, 5) is 14.1. The number of alkyl carbamates (subject to hydrolysis) is 1. The van der Waals surface area contributed by atoms with Crippen LogP contribution in [0.3, 0.4) is 0 Å². The van der Waals surface area contributed by atoms with Crippen LogP contribution in [0, 0.1) is 0 Å². The lowest BCUT2D eigenvalue weighted by Gasteiger charge is -2.46. The number of rotatable bonds is 2. The van der Waals surface area contributed by atoms with Crippen molar-refractivity contribution in [3.8, 4) is 0 Å². The smallest absolute Gasteiger partial charge is 0.416 e. The van der Waals surface area contributed by atoms with Gasteiger partial charge in [-0.3, -0.25) is 4.90 Å². The van der Waals surface area contributed by atoms with Crippen LogP contribution in [0.15, 0.2) is 24.3 Å². The highest BCUT2D eigenvalue weighted by Gasteiger charge is 2.43.